The zero-order valence-corrected chi connectivity index (χ0v) is 15.8. The molecule has 0 amide bonds. The number of ether oxygens (including phenoxy) is 1. The minimum Gasteiger partial charge on any atom is -0.497 e. The molecule has 0 saturated carbocycles. The van der Waals surface area contributed by atoms with E-state index in [4.69, 9.17) is 4.74 Å². The normalized spacial score (nSPS) is 15.4. The van der Waals surface area contributed by atoms with Gasteiger partial charge < -0.3 is 19.9 Å². The standard InChI is InChI=1S/C19H26N4OS/c1-20-19(21-10-9-18-4-3-15-25-18)23-13-11-22(12-14-23)16-5-7-17(24-2)8-6-16/h3-8,15H,9-14H2,1-2H3,(H,20,21). The Morgan fingerprint density at radius 3 is 2.52 bits per heavy atom. The second-order valence-electron chi connectivity index (χ2n) is 5.98. The number of piperazine rings is 1. The maximum atomic E-state index is 5.23. The summed E-state index contributed by atoms with van der Waals surface area (Å²) < 4.78 is 5.23. The molecular formula is C19H26N4OS. The first-order valence-corrected chi connectivity index (χ1v) is 9.55. The van der Waals surface area contributed by atoms with Gasteiger partial charge in [0.05, 0.1) is 7.11 Å². The zero-order valence-electron chi connectivity index (χ0n) is 14.9. The van der Waals surface area contributed by atoms with E-state index in [0.29, 0.717) is 0 Å². The van der Waals surface area contributed by atoms with Crippen molar-refractivity contribution in [3.8, 4) is 5.75 Å². The number of nitrogens with one attached hydrogen (secondary N) is 1. The number of thiophene rings is 1. The molecule has 1 aliphatic heterocycles. The Morgan fingerprint density at radius 1 is 1.16 bits per heavy atom. The highest BCUT2D eigenvalue weighted by Crippen LogP contribution is 2.20. The molecule has 1 aromatic heterocycles. The van der Waals surface area contributed by atoms with Crippen molar-refractivity contribution < 1.29 is 4.74 Å². The Bertz CT molecular complexity index is 661. The molecule has 0 unspecified atom stereocenters. The van der Waals surface area contributed by atoms with Crippen LogP contribution < -0.4 is 15.0 Å². The number of rotatable bonds is 5. The number of aliphatic imine (C=N–C) groups is 1. The van der Waals surface area contributed by atoms with E-state index in [2.05, 4.69) is 49.8 Å². The summed E-state index contributed by atoms with van der Waals surface area (Å²) >= 11 is 1.81. The van der Waals surface area contributed by atoms with Gasteiger partial charge in [-0.2, -0.15) is 0 Å². The molecular weight excluding hydrogens is 332 g/mol. The van der Waals surface area contributed by atoms with E-state index in [1.165, 1.54) is 10.6 Å². The van der Waals surface area contributed by atoms with E-state index >= 15 is 0 Å². The third-order valence-corrected chi connectivity index (χ3v) is 5.40. The fraction of sp³-hybridized carbons (Fsp3) is 0.421. The van der Waals surface area contributed by atoms with Crippen molar-refractivity contribution in [2.24, 2.45) is 4.99 Å². The van der Waals surface area contributed by atoms with Gasteiger partial charge in [0.2, 0.25) is 0 Å². The number of hydrogen-bond donors (Lipinski definition) is 1. The molecule has 6 heteroatoms. The molecule has 0 aliphatic carbocycles. The van der Waals surface area contributed by atoms with Crippen LogP contribution in [0.2, 0.25) is 0 Å². The van der Waals surface area contributed by atoms with Crippen LogP contribution >= 0.6 is 11.3 Å². The van der Waals surface area contributed by atoms with Gasteiger partial charge in [-0.1, -0.05) is 6.07 Å². The SMILES string of the molecule is CN=C(NCCc1cccs1)N1CCN(c2ccc(OC)cc2)CC1. The Kier molecular flexibility index (Phi) is 6.17. The first-order valence-electron chi connectivity index (χ1n) is 8.67. The van der Waals surface area contributed by atoms with Crippen molar-refractivity contribution in [3.63, 3.8) is 0 Å². The van der Waals surface area contributed by atoms with Crippen molar-refractivity contribution in [1.29, 1.82) is 0 Å². The predicted octanol–water partition coefficient (Wildman–Crippen LogP) is 2.70. The maximum absolute atomic E-state index is 5.23. The molecule has 1 saturated heterocycles. The molecule has 1 aliphatic rings. The van der Waals surface area contributed by atoms with Crippen LogP contribution in [0.4, 0.5) is 5.69 Å². The number of guanidine groups is 1. The quantitative estimate of drug-likeness (QED) is 0.659. The van der Waals surface area contributed by atoms with E-state index in [-0.39, 0.29) is 0 Å². The summed E-state index contributed by atoms with van der Waals surface area (Å²) in [5.41, 5.74) is 1.25. The van der Waals surface area contributed by atoms with E-state index in [1.807, 2.05) is 30.5 Å². The molecule has 1 fully saturated rings. The van der Waals surface area contributed by atoms with Gasteiger partial charge in [0.1, 0.15) is 5.75 Å². The lowest BCUT2D eigenvalue weighted by Gasteiger charge is -2.37. The van der Waals surface area contributed by atoms with Gasteiger partial charge in [0.15, 0.2) is 5.96 Å². The van der Waals surface area contributed by atoms with Crippen molar-refractivity contribution in [3.05, 3.63) is 46.7 Å². The summed E-state index contributed by atoms with van der Waals surface area (Å²) in [6.07, 6.45) is 1.04. The fourth-order valence-corrected chi connectivity index (χ4v) is 3.76. The molecule has 0 spiro atoms. The van der Waals surface area contributed by atoms with Crippen LogP contribution in [0.25, 0.3) is 0 Å². The number of hydrogen-bond acceptors (Lipinski definition) is 4. The minimum absolute atomic E-state index is 0.901. The number of nitrogens with zero attached hydrogens (tertiary/aromatic N) is 3. The first-order chi connectivity index (χ1) is 12.3. The third-order valence-electron chi connectivity index (χ3n) is 4.46. The molecule has 2 heterocycles. The van der Waals surface area contributed by atoms with Crippen LogP contribution in [0.5, 0.6) is 5.75 Å². The number of methoxy groups -OCH3 is 1. The largest absolute Gasteiger partial charge is 0.497 e. The van der Waals surface area contributed by atoms with E-state index in [0.717, 1.165) is 50.9 Å². The van der Waals surface area contributed by atoms with E-state index in [9.17, 15) is 0 Å². The molecule has 1 aromatic carbocycles. The molecule has 2 aromatic rings. The molecule has 0 bridgehead atoms. The topological polar surface area (TPSA) is 40.1 Å². The van der Waals surface area contributed by atoms with Gasteiger partial charge in [-0.3, -0.25) is 4.99 Å². The fourth-order valence-electron chi connectivity index (χ4n) is 3.05. The maximum Gasteiger partial charge on any atom is 0.193 e. The van der Waals surface area contributed by atoms with Gasteiger partial charge in [-0.05, 0) is 42.1 Å². The van der Waals surface area contributed by atoms with Crippen LogP contribution in [-0.2, 0) is 6.42 Å². The van der Waals surface area contributed by atoms with Crippen LogP contribution in [0.15, 0.2) is 46.8 Å². The first kappa shape index (κ1) is 17.6. The molecule has 25 heavy (non-hydrogen) atoms. The molecule has 1 N–H and O–H groups in total. The van der Waals surface area contributed by atoms with Gasteiger partial charge >= 0.3 is 0 Å². The molecule has 134 valence electrons. The molecule has 5 nitrogen and oxygen atoms in total. The van der Waals surface area contributed by atoms with Gasteiger partial charge in [0, 0.05) is 50.3 Å². The summed E-state index contributed by atoms with van der Waals surface area (Å²) in [5.74, 6) is 1.91. The predicted molar refractivity (Wildman–Crippen MR) is 106 cm³/mol. The lowest BCUT2D eigenvalue weighted by atomic mass is 10.2. The molecule has 0 radical (unpaired) electrons. The van der Waals surface area contributed by atoms with Crippen molar-refractivity contribution in [1.82, 2.24) is 10.2 Å². The number of benzene rings is 1. The Morgan fingerprint density at radius 2 is 1.92 bits per heavy atom. The van der Waals surface area contributed by atoms with Crippen LogP contribution in [0.1, 0.15) is 4.88 Å². The van der Waals surface area contributed by atoms with Gasteiger partial charge in [-0.15, -0.1) is 11.3 Å². The average Bonchev–Trinajstić information content (AvgIpc) is 3.19. The smallest absolute Gasteiger partial charge is 0.193 e. The lowest BCUT2D eigenvalue weighted by molar-refractivity contribution is 0.373. The van der Waals surface area contributed by atoms with Crippen molar-refractivity contribution in [2.45, 2.75) is 6.42 Å². The van der Waals surface area contributed by atoms with E-state index in [1.54, 1.807) is 7.11 Å². The average molecular weight is 359 g/mol. The zero-order chi connectivity index (χ0) is 17.5. The Balaban J connectivity index is 1.48. The third kappa shape index (κ3) is 4.66. The highest BCUT2D eigenvalue weighted by Gasteiger charge is 2.19. The molecule has 0 atom stereocenters. The van der Waals surface area contributed by atoms with Crippen molar-refractivity contribution >= 4 is 23.0 Å². The van der Waals surface area contributed by atoms with Crippen LogP contribution in [0.3, 0.4) is 0 Å². The van der Waals surface area contributed by atoms with Crippen LogP contribution in [-0.4, -0.2) is 57.7 Å². The second-order valence-corrected chi connectivity index (χ2v) is 7.01. The van der Waals surface area contributed by atoms with E-state index < -0.39 is 0 Å². The highest BCUT2D eigenvalue weighted by atomic mass is 32.1. The summed E-state index contributed by atoms with van der Waals surface area (Å²) in [6, 6.07) is 12.6. The van der Waals surface area contributed by atoms with Gasteiger partial charge in [-0.25, -0.2) is 0 Å². The minimum atomic E-state index is 0.901. The Hall–Kier alpha value is -2.21. The lowest BCUT2D eigenvalue weighted by Crippen LogP contribution is -2.52. The summed E-state index contributed by atoms with van der Waals surface area (Å²) in [6.45, 7) is 4.87. The summed E-state index contributed by atoms with van der Waals surface area (Å²) in [7, 11) is 3.56. The monoisotopic (exact) mass is 358 g/mol. The summed E-state index contributed by atoms with van der Waals surface area (Å²) in [5, 5.41) is 5.62. The summed E-state index contributed by atoms with van der Waals surface area (Å²) in [4.78, 5) is 10.6. The Labute approximate surface area is 153 Å². The van der Waals surface area contributed by atoms with Crippen LogP contribution in [0, 0.1) is 0 Å². The molecule has 3 rings (SSSR count). The van der Waals surface area contributed by atoms with Gasteiger partial charge in [0.25, 0.3) is 0 Å². The second kappa shape index (κ2) is 8.76. The highest BCUT2D eigenvalue weighted by molar-refractivity contribution is 7.09. The number of anilines is 1. The van der Waals surface area contributed by atoms with Crippen molar-refractivity contribution in [2.75, 3.05) is 51.8 Å².